The minimum absolute atomic E-state index is 0.00206. The van der Waals surface area contributed by atoms with Crippen LogP contribution in [0.4, 0.5) is 39.5 Å². The van der Waals surface area contributed by atoms with Gasteiger partial charge >= 0.3 is 0 Å². The molecule has 13 atom stereocenters. The minimum Gasteiger partial charge on any atom is -0.486 e. The molecule has 6 bridgehead atoms. The van der Waals surface area contributed by atoms with E-state index in [0.29, 0.717) is 81.4 Å². The number of methoxy groups -OCH3 is 1. The first-order chi connectivity index (χ1) is 49.2. The van der Waals surface area contributed by atoms with Crippen molar-refractivity contribution in [2.75, 3.05) is 33.4 Å². The summed E-state index contributed by atoms with van der Waals surface area (Å²) in [5.74, 6) is -8.74. The van der Waals surface area contributed by atoms with E-state index in [0.717, 1.165) is 62.3 Å². The number of carbonyl (C=O) groups is 3. The first-order valence-corrected chi connectivity index (χ1v) is 37.8. The van der Waals surface area contributed by atoms with Crippen molar-refractivity contribution >= 4 is 37.8 Å². The Labute approximate surface area is 593 Å². The molecule has 7 heterocycles. The highest BCUT2D eigenvalue weighted by Gasteiger charge is 2.48. The number of fused-ring (bicyclic) bond motifs is 7. The van der Waals surface area contributed by atoms with Crippen LogP contribution in [-0.2, 0) is 58.4 Å². The molecule has 6 aromatic rings. The number of carbonyl (C=O) groups excluding carboxylic acids is 3. The zero-order chi connectivity index (χ0) is 73.6. The lowest BCUT2D eigenvalue weighted by Gasteiger charge is -2.42. The summed E-state index contributed by atoms with van der Waals surface area (Å²) in [5.41, 5.74) is 20.1. The first-order valence-electron chi connectivity index (χ1n) is 34.8. The number of nitrogens with one attached hydrogen (secondary N) is 2. The first kappa shape index (κ1) is 76.5. The topological polar surface area (TPSA) is 259 Å². The summed E-state index contributed by atoms with van der Waals surface area (Å²) < 4.78 is 194. The molecule has 6 aromatic carbocycles. The van der Waals surface area contributed by atoms with Gasteiger partial charge in [-0.25, -0.2) is 65.8 Å². The second-order valence-electron chi connectivity index (χ2n) is 27.8. The monoisotopic (exact) mass is 1480 g/mol. The second kappa shape index (κ2) is 33.2. The standard InChI is InChI=1S/C26H30F3N3O5S.C24H28F3N3O3S.C24H27F3N2O2/c27-20-14-22(29)21(28)11-15(20)12-23(30)16-9-17-1-2-18(10-16)32(17)26(33)5-6-31-38(34,35)19-3-4-24-25(13-19)37-8-7-36-24;25-20-14-22(27)21(26)12-15(20)13-23(28)16-10-17-6-7-18(11-16)30(17)24(31)8-9-29-34(32,33)19-4-2-1-3-5-19;1-31-23(14-5-3-2-4-6-14)24(30)29-17-7-8-18(29)10-16(9-17)22(28)12-15-11-20(26)21(27)13-19(15)25/h3-4,11,13-14,16-18,23,31H,1-2,5-10,12,30H2;1-5,12,14,16-18,23,29H,6-11,13,28H2;2-6,11,13,16-18,22-23H,7-10,12,28H2,1H3/t2*16?,17-,18+,23-;16?,17-,18+,22-,23-/m111/s1. The largest absolute Gasteiger partial charge is 0.486 e. The van der Waals surface area contributed by atoms with E-state index in [4.69, 9.17) is 31.4 Å². The van der Waals surface area contributed by atoms with Crippen molar-refractivity contribution in [3.8, 4) is 11.5 Å². The number of hydrogen-bond donors (Lipinski definition) is 5. The molecule has 556 valence electrons. The van der Waals surface area contributed by atoms with Crippen molar-refractivity contribution in [2.45, 2.75) is 179 Å². The van der Waals surface area contributed by atoms with Crippen molar-refractivity contribution in [1.29, 1.82) is 0 Å². The highest BCUT2D eigenvalue weighted by Crippen LogP contribution is 2.45. The molecule has 0 saturated carbocycles. The number of halogens is 9. The normalized spacial score (nSPS) is 23.7. The Morgan fingerprint density at radius 1 is 0.447 bits per heavy atom. The average Bonchev–Trinajstić information content (AvgIpc) is 1.69. The van der Waals surface area contributed by atoms with Crippen molar-refractivity contribution in [3.05, 3.63) is 190 Å². The molecule has 8 N–H and O–H groups in total. The molecule has 13 rings (SSSR count). The van der Waals surface area contributed by atoms with Crippen LogP contribution in [0.3, 0.4) is 0 Å². The SMILES string of the molecule is CO[C@@H](C(=O)N1[C@@H]2CC[C@H]1CC([C@H](N)Cc1cc(F)c(F)cc1F)C2)c1ccccc1.N[C@H](Cc1cc(F)c(F)cc1F)C1C[C@H]2CC[C@@H](C1)N2C(=O)CCNS(=O)(=O)c1ccc2c(c1)OCCO2.N[C@H](Cc1cc(F)c(F)cc1F)C1C[C@H]2CC[C@@H](C1)N2C(=O)CCNS(=O)(=O)c1ccccc1. The third-order valence-electron chi connectivity index (χ3n) is 21.3. The Morgan fingerprint density at radius 2 is 0.786 bits per heavy atom. The molecular weight excluding hydrogens is 1400 g/mol. The number of nitrogens with two attached hydrogens (primary N) is 3. The number of piperidine rings is 3. The van der Waals surface area contributed by atoms with Crippen LogP contribution in [0.2, 0.25) is 0 Å². The second-order valence-corrected chi connectivity index (χ2v) is 31.3. The van der Waals surface area contributed by atoms with Gasteiger partial charge in [-0.3, -0.25) is 14.4 Å². The summed E-state index contributed by atoms with van der Waals surface area (Å²) in [6, 6.07) is 24.7. The Kier molecular flexibility index (Phi) is 24.7. The van der Waals surface area contributed by atoms with Crippen LogP contribution in [0.15, 0.2) is 125 Å². The highest BCUT2D eigenvalue weighted by molar-refractivity contribution is 7.89. The molecule has 18 nitrogen and oxygen atoms in total. The van der Waals surface area contributed by atoms with Gasteiger partial charge in [0, 0.05) is 112 Å². The Balaban J connectivity index is 0.000000156. The molecule has 29 heteroatoms. The summed E-state index contributed by atoms with van der Waals surface area (Å²) in [6.07, 6.45) is 8.71. The quantitative estimate of drug-likeness (QED) is 0.0313. The lowest BCUT2D eigenvalue weighted by Crippen LogP contribution is -2.51. The smallest absolute Gasteiger partial charge is 0.256 e. The predicted octanol–water partition coefficient (Wildman–Crippen LogP) is 10.1. The van der Waals surface area contributed by atoms with Crippen LogP contribution in [0.1, 0.15) is 118 Å². The number of amides is 3. The Morgan fingerprint density at radius 3 is 1.17 bits per heavy atom. The molecule has 0 aromatic heterocycles. The summed E-state index contributed by atoms with van der Waals surface area (Å²) in [5, 5.41) is 0. The van der Waals surface area contributed by atoms with Gasteiger partial charge in [-0.05, 0) is 179 Å². The molecule has 3 unspecified atom stereocenters. The molecule has 0 aliphatic carbocycles. The highest BCUT2D eigenvalue weighted by atomic mass is 32.2. The van der Waals surface area contributed by atoms with E-state index < -0.39 is 96.6 Å². The van der Waals surface area contributed by atoms with Crippen LogP contribution < -0.4 is 36.1 Å². The Bertz CT molecular complexity index is 4220. The van der Waals surface area contributed by atoms with Crippen LogP contribution in [0, 0.1) is 70.1 Å². The maximum atomic E-state index is 14.1. The van der Waals surface area contributed by atoms with Crippen molar-refractivity contribution < 1.29 is 84.9 Å². The number of benzene rings is 6. The van der Waals surface area contributed by atoms with E-state index in [-0.39, 0.29) is 143 Å². The molecule has 103 heavy (non-hydrogen) atoms. The lowest BCUT2D eigenvalue weighted by molar-refractivity contribution is -0.148. The predicted molar refractivity (Wildman–Crippen MR) is 363 cm³/mol. The minimum atomic E-state index is -3.84. The van der Waals surface area contributed by atoms with Gasteiger partial charge < -0.3 is 46.1 Å². The molecule has 6 saturated heterocycles. The zero-order valence-corrected chi connectivity index (χ0v) is 58.3. The van der Waals surface area contributed by atoms with Gasteiger partial charge in [-0.1, -0.05) is 48.5 Å². The third kappa shape index (κ3) is 18.0. The van der Waals surface area contributed by atoms with Crippen LogP contribution >= 0.6 is 0 Å². The molecule has 7 aliphatic heterocycles. The van der Waals surface area contributed by atoms with Gasteiger partial charge in [0.25, 0.3) is 5.91 Å². The van der Waals surface area contributed by atoms with E-state index in [9.17, 15) is 70.7 Å². The summed E-state index contributed by atoms with van der Waals surface area (Å²) in [6.45, 7) is 0.690. The number of rotatable bonds is 22. The fraction of sp³-hybridized carbons (Fsp3) is 0.473. The lowest BCUT2D eigenvalue weighted by atomic mass is 9.82. The fourth-order valence-electron chi connectivity index (χ4n) is 16.2. The van der Waals surface area contributed by atoms with E-state index in [1.807, 2.05) is 45.0 Å². The summed E-state index contributed by atoms with van der Waals surface area (Å²) >= 11 is 0. The van der Waals surface area contributed by atoms with E-state index in [1.54, 1.807) is 24.3 Å². The van der Waals surface area contributed by atoms with Crippen molar-refractivity contribution in [2.24, 2.45) is 35.0 Å². The Hall–Kier alpha value is -7.64. The maximum Gasteiger partial charge on any atom is 0.256 e. The van der Waals surface area contributed by atoms with E-state index in [2.05, 4.69) is 9.44 Å². The van der Waals surface area contributed by atoms with Gasteiger partial charge in [0.1, 0.15) is 30.7 Å². The summed E-state index contributed by atoms with van der Waals surface area (Å²) in [7, 11) is -5.98. The van der Waals surface area contributed by atoms with Gasteiger partial charge in [0.15, 0.2) is 52.5 Å². The number of ether oxygens (including phenoxy) is 3. The molecule has 0 radical (unpaired) electrons. The zero-order valence-electron chi connectivity index (χ0n) is 56.7. The summed E-state index contributed by atoms with van der Waals surface area (Å²) in [4.78, 5) is 45.1. The maximum absolute atomic E-state index is 14.1. The van der Waals surface area contributed by atoms with Gasteiger partial charge in [-0.15, -0.1) is 0 Å². The van der Waals surface area contributed by atoms with Gasteiger partial charge in [0.2, 0.25) is 31.9 Å². The molecular formula is C74H85F9N8O10S2. The average molecular weight is 1480 g/mol. The van der Waals surface area contributed by atoms with Crippen LogP contribution in [-0.4, -0.2) is 137 Å². The third-order valence-corrected chi connectivity index (χ3v) is 24.2. The van der Waals surface area contributed by atoms with Gasteiger partial charge in [-0.2, -0.15) is 0 Å². The number of sulfonamides is 2. The van der Waals surface area contributed by atoms with E-state index >= 15 is 0 Å². The number of hydrogen-bond acceptors (Lipinski definition) is 13. The van der Waals surface area contributed by atoms with E-state index in [1.165, 1.54) is 31.4 Å². The number of nitrogens with zero attached hydrogens (tertiary/aromatic N) is 3. The molecule has 7 aliphatic rings. The van der Waals surface area contributed by atoms with Crippen LogP contribution in [0.25, 0.3) is 0 Å². The van der Waals surface area contributed by atoms with Gasteiger partial charge in [0.05, 0.1) is 9.79 Å². The van der Waals surface area contributed by atoms with Crippen LogP contribution in [0.5, 0.6) is 11.5 Å². The molecule has 6 fully saturated rings. The van der Waals surface area contributed by atoms with Crippen molar-refractivity contribution in [1.82, 2.24) is 24.1 Å². The van der Waals surface area contributed by atoms with Crippen molar-refractivity contribution in [3.63, 3.8) is 0 Å². The molecule has 3 amide bonds. The molecule has 0 spiro atoms. The fourth-order valence-corrected chi connectivity index (χ4v) is 18.3.